The van der Waals surface area contributed by atoms with Crippen molar-refractivity contribution in [2.24, 2.45) is 0 Å². The molecule has 88 valence electrons. The number of rotatable bonds is 1. The number of anilines is 1. The summed E-state index contributed by atoms with van der Waals surface area (Å²) < 4.78 is 24.7. The van der Waals surface area contributed by atoms with Gasteiger partial charge in [-0.25, -0.2) is 8.42 Å². The molecule has 1 aromatic rings. The molecule has 1 aliphatic heterocycles. The Morgan fingerprint density at radius 3 is 2.65 bits per heavy atom. The molecule has 2 rings (SSSR count). The number of benzene rings is 1. The third kappa shape index (κ3) is 1.80. The third-order valence-corrected chi connectivity index (χ3v) is 4.43. The number of fused-ring (bicyclic) bond motifs is 1. The number of sulfone groups is 1. The third-order valence-electron chi connectivity index (χ3n) is 2.56. The molecule has 0 aromatic heterocycles. The minimum Gasteiger partial charge on any atom is -0.354 e. The Morgan fingerprint density at radius 1 is 1.29 bits per heavy atom. The molecule has 1 heterocycles. The number of allylic oxidation sites excluding steroid dienone is 3. The van der Waals surface area contributed by atoms with Crippen LogP contribution in [0.2, 0.25) is 0 Å². The quantitative estimate of drug-likeness (QED) is 0.830. The van der Waals surface area contributed by atoms with Gasteiger partial charge in [-0.05, 0) is 25.1 Å². The molecule has 1 N–H and O–H groups in total. The van der Waals surface area contributed by atoms with Crippen LogP contribution in [0.1, 0.15) is 6.92 Å². The Balaban J connectivity index is 2.77. The molecule has 0 atom stereocenters. The van der Waals surface area contributed by atoms with Gasteiger partial charge in [-0.2, -0.15) is 0 Å². The fourth-order valence-electron chi connectivity index (χ4n) is 1.77. The van der Waals surface area contributed by atoms with Gasteiger partial charge in [0.05, 0.1) is 21.2 Å². The number of hydrogen-bond donors (Lipinski definition) is 1. The normalized spacial score (nSPS) is 21.9. The van der Waals surface area contributed by atoms with E-state index >= 15 is 0 Å². The van der Waals surface area contributed by atoms with Crippen LogP contribution in [-0.4, -0.2) is 8.42 Å². The molecular formula is C13H13NO2S. The monoisotopic (exact) mass is 247 g/mol. The van der Waals surface area contributed by atoms with E-state index in [1.54, 1.807) is 37.3 Å². The fourth-order valence-corrected chi connectivity index (χ4v) is 3.41. The standard InChI is InChI=1S/C13H13NO2S/c1-3-7-12-10(4-2)14-11-8-5-6-9-13(11)17(12,15)16/h3-9,14H,1H2,2H3/b10-4+,12-7+. The van der Waals surface area contributed by atoms with Gasteiger partial charge in [0.15, 0.2) is 0 Å². The number of hydrogen-bond acceptors (Lipinski definition) is 3. The fraction of sp³-hybridized carbons (Fsp3) is 0.0769. The van der Waals surface area contributed by atoms with E-state index in [-0.39, 0.29) is 4.91 Å². The highest BCUT2D eigenvalue weighted by Gasteiger charge is 2.30. The topological polar surface area (TPSA) is 46.2 Å². The van der Waals surface area contributed by atoms with Gasteiger partial charge in [0, 0.05) is 0 Å². The molecule has 0 fully saturated rings. The van der Waals surface area contributed by atoms with Crippen molar-refractivity contribution in [1.82, 2.24) is 0 Å². The van der Waals surface area contributed by atoms with E-state index in [2.05, 4.69) is 11.9 Å². The van der Waals surface area contributed by atoms with Crippen LogP contribution < -0.4 is 5.32 Å². The summed E-state index contributed by atoms with van der Waals surface area (Å²) in [4.78, 5) is 0.562. The summed E-state index contributed by atoms with van der Waals surface area (Å²) in [5, 5.41) is 3.10. The molecule has 1 aliphatic rings. The maximum Gasteiger partial charge on any atom is 0.210 e. The zero-order valence-corrected chi connectivity index (χ0v) is 10.3. The number of nitrogens with one attached hydrogen (secondary N) is 1. The van der Waals surface area contributed by atoms with Crippen molar-refractivity contribution >= 4 is 15.5 Å². The van der Waals surface area contributed by atoms with E-state index in [0.29, 0.717) is 16.3 Å². The first-order valence-electron chi connectivity index (χ1n) is 5.22. The van der Waals surface area contributed by atoms with Crippen molar-refractivity contribution in [3.63, 3.8) is 0 Å². The SMILES string of the molecule is C=C/C=C1\C(=C/C)Nc2ccccc2S1(=O)=O. The van der Waals surface area contributed by atoms with Gasteiger partial charge in [-0.1, -0.05) is 30.9 Å². The Bertz CT molecular complexity index is 625. The van der Waals surface area contributed by atoms with E-state index in [4.69, 9.17) is 0 Å². The van der Waals surface area contributed by atoms with Crippen molar-refractivity contribution in [2.75, 3.05) is 5.32 Å². The lowest BCUT2D eigenvalue weighted by Gasteiger charge is -2.23. The predicted octanol–water partition coefficient (Wildman–Crippen LogP) is 2.86. The Kier molecular flexibility index (Phi) is 2.90. The number of para-hydroxylation sites is 1. The van der Waals surface area contributed by atoms with E-state index in [9.17, 15) is 8.42 Å². The van der Waals surface area contributed by atoms with Crippen LogP contribution in [0.15, 0.2) is 64.6 Å². The minimum atomic E-state index is -3.45. The zero-order valence-electron chi connectivity index (χ0n) is 9.47. The smallest absolute Gasteiger partial charge is 0.210 e. The Labute approximate surface area is 101 Å². The van der Waals surface area contributed by atoms with Crippen LogP contribution in [0.5, 0.6) is 0 Å². The second-order valence-electron chi connectivity index (χ2n) is 3.59. The molecule has 0 unspecified atom stereocenters. The van der Waals surface area contributed by atoms with E-state index in [0.717, 1.165) is 0 Å². The minimum absolute atomic E-state index is 0.258. The maximum atomic E-state index is 12.4. The van der Waals surface area contributed by atoms with Crippen LogP contribution in [0.3, 0.4) is 0 Å². The lowest BCUT2D eigenvalue weighted by Crippen LogP contribution is -2.19. The van der Waals surface area contributed by atoms with E-state index in [1.807, 2.05) is 0 Å². The first-order valence-corrected chi connectivity index (χ1v) is 6.70. The Morgan fingerprint density at radius 2 is 2.00 bits per heavy atom. The predicted molar refractivity (Wildman–Crippen MR) is 69.3 cm³/mol. The van der Waals surface area contributed by atoms with Crippen LogP contribution in [0.25, 0.3) is 0 Å². The average molecular weight is 247 g/mol. The summed E-state index contributed by atoms with van der Waals surface area (Å²) in [5.41, 5.74) is 1.20. The molecule has 3 nitrogen and oxygen atoms in total. The Hall–Kier alpha value is -1.81. The largest absolute Gasteiger partial charge is 0.354 e. The average Bonchev–Trinajstić information content (AvgIpc) is 2.33. The van der Waals surface area contributed by atoms with Crippen LogP contribution >= 0.6 is 0 Å². The summed E-state index contributed by atoms with van der Waals surface area (Å²) in [5.74, 6) is 0. The van der Waals surface area contributed by atoms with Gasteiger partial charge in [0.2, 0.25) is 9.84 Å². The molecule has 0 bridgehead atoms. The molecule has 0 saturated carbocycles. The van der Waals surface area contributed by atoms with Gasteiger partial charge < -0.3 is 5.32 Å². The summed E-state index contributed by atoms with van der Waals surface area (Å²) >= 11 is 0. The molecule has 0 saturated heterocycles. The summed E-state index contributed by atoms with van der Waals surface area (Å²) in [6.07, 6.45) is 4.72. The van der Waals surface area contributed by atoms with Gasteiger partial charge in [-0.3, -0.25) is 0 Å². The molecule has 17 heavy (non-hydrogen) atoms. The van der Waals surface area contributed by atoms with Gasteiger partial charge in [-0.15, -0.1) is 0 Å². The molecule has 0 spiro atoms. The van der Waals surface area contributed by atoms with Crippen molar-refractivity contribution in [3.8, 4) is 0 Å². The molecule has 0 aliphatic carbocycles. The lowest BCUT2D eigenvalue weighted by atomic mass is 10.2. The first kappa shape index (κ1) is 11.7. The van der Waals surface area contributed by atoms with Gasteiger partial charge in [0.25, 0.3) is 0 Å². The maximum absolute atomic E-state index is 12.4. The summed E-state index contributed by atoms with van der Waals surface area (Å²) in [6.45, 7) is 5.34. The van der Waals surface area contributed by atoms with Crippen LogP contribution in [0.4, 0.5) is 5.69 Å². The second kappa shape index (κ2) is 4.22. The van der Waals surface area contributed by atoms with E-state index < -0.39 is 9.84 Å². The highest BCUT2D eigenvalue weighted by Crippen LogP contribution is 2.36. The molecule has 4 heteroatoms. The van der Waals surface area contributed by atoms with E-state index in [1.165, 1.54) is 12.2 Å². The highest BCUT2D eigenvalue weighted by molar-refractivity contribution is 7.95. The highest BCUT2D eigenvalue weighted by atomic mass is 32.2. The molecule has 0 amide bonds. The molecule has 0 radical (unpaired) electrons. The lowest BCUT2D eigenvalue weighted by molar-refractivity contribution is 0.602. The van der Waals surface area contributed by atoms with Crippen molar-refractivity contribution in [1.29, 1.82) is 0 Å². The van der Waals surface area contributed by atoms with Crippen molar-refractivity contribution in [3.05, 3.63) is 59.7 Å². The summed E-state index contributed by atoms with van der Waals surface area (Å²) in [7, 11) is -3.45. The van der Waals surface area contributed by atoms with Gasteiger partial charge >= 0.3 is 0 Å². The first-order chi connectivity index (χ1) is 8.11. The summed E-state index contributed by atoms with van der Waals surface area (Å²) in [6, 6.07) is 6.86. The zero-order chi connectivity index (χ0) is 12.5. The van der Waals surface area contributed by atoms with Crippen LogP contribution in [0, 0.1) is 0 Å². The van der Waals surface area contributed by atoms with Gasteiger partial charge in [0.1, 0.15) is 0 Å². The second-order valence-corrected chi connectivity index (χ2v) is 5.48. The molecule has 1 aromatic carbocycles. The van der Waals surface area contributed by atoms with Crippen molar-refractivity contribution < 1.29 is 8.42 Å². The molecular weight excluding hydrogens is 234 g/mol. The van der Waals surface area contributed by atoms with Crippen molar-refractivity contribution in [2.45, 2.75) is 11.8 Å². The van der Waals surface area contributed by atoms with Crippen LogP contribution in [-0.2, 0) is 9.84 Å².